The summed E-state index contributed by atoms with van der Waals surface area (Å²) in [5.41, 5.74) is 7.06. The number of methoxy groups -OCH3 is 2. The number of nitrogens with two attached hydrogens (primary N) is 1. The van der Waals surface area contributed by atoms with Crippen LogP contribution in [0.3, 0.4) is 0 Å². The molecule has 34 heavy (non-hydrogen) atoms. The van der Waals surface area contributed by atoms with Crippen LogP contribution in [0.5, 0.6) is 17.4 Å². The SMILES string of the molecule is CCC(Nc1nc(Nc2cccc(OC)c2)c(C#N)c(OCc2ccc(OC)cc2)n1)C(N)=O. The monoisotopic (exact) mass is 462 g/mol. The molecule has 0 saturated carbocycles. The Morgan fingerprint density at radius 1 is 1.12 bits per heavy atom. The van der Waals surface area contributed by atoms with Crippen LogP contribution in [0.25, 0.3) is 0 Å². The van der Waals surface area contributed by atoms with Crippen LogP contribution in [0.15, 0.2) is 48.5 Å². The largest absolute Gasteiger partial charge is 0.497 e. The molecule has 1 unspecified atom stereocenters. The number of hydrogen-bond acceptors (Lipinski definition) is 9. The molecule has 1 aromatic heterocycles. The third-order valence-corrected chi connectivity index (χ3v) is 4.91. The molecule has 0 radical (unpaired) electrons. The van der Waals surface area contributed by atoms with Crippen molar-refractivity contribution in [1.29, 1.82) is 5.26 Å². The summed E-state index contributed by atoms with van der Waals surface area (Å²) >= 11 is 0. The van der Waals surface area contributed by atoms with Gasteiger partial charge in [0.05, 0.1) is 14.2 Å². The first-order chi connectivity index (χ1) is 16.5. The summed E-state index contributed by atoms with van der Waals surface area (Å²) in [6, 6.07) is 15.9. The summed E-state index contributed by atoms with van der Waals surface area (Å²) < 4.78 is 16.3. The highest BCUT2D eigenvalue weighted by Gasteiger charge is 2.20. The number of nitrogens with one attached hydrogen (secondary N) is 2. The molecule has 176 valence electrons. The average Bonchev–Trinajstić information content (AvgIpc) is 2.86. The number of rotatable bonds is 11. The molecule has 10 nitrogen and oxygen atoms in total. The van der Waals surface area contributed by atoms with Crippen LogP contribution >= 0.6 is 0 Å². The Bertz CT molecular complexity index is 1180. The number of aromatic nitrogens is 2. The highest BCUT2D eigenvalue weighted by molar-refractivity contribution is 5.82. The summed E-state index contributed by atoms with van der Waals surface area (Å²) in [6.45, 7) is 1.96. The molecule has 0 aliphatic carbocycles. The second-order valence-electron chi connectivity index (χ2n) is 7.19. The number of hydrogen-bond donors (Lipinski definition) is 3. The molecule has 3 aromatic rings. The third kappa shape index (κ3) is 6.04. The van der Waals surface area contributed by atoms with E-state index in [2.05, 4.69) is 26.7 Å². The van der Waals surface area contributed by atoms with Gasteiger partial charge in [-0.15, -0.1) is 0 Å². The topological polar surface area (TPSA) is 144 Å². The van der Waals surface area contributed by atoms with Crippen molar-refractivity contribution < 1.29 is 19.0 Å². The van der Waals surface area contributed by atoms with Crippen LogP contribution in [0, 0.1) is 11.3 Å². The van der Waals surface area contributed by atoms with Crippen molar-refractivity contribution in [3.63, 3.8) is 0 Å². The highest BCUT2D eigenvalue weighted by Crippen LogP contribution is 2.29. The Balaban J connectivity index is 1.96. The minimum absolute atomic E-state index is 0.0561. The minimum Gasteiger partial charge on any atom is -0.497 e. The Hall–Kier alpha value is -4.52. The van der Waals surface area contributed by atoms with E-state index < -0.39 is 11.9 Å². The Morgan fingerprint density at radius 3 is 2.47 bits per heavy atom. The molecule has 0 saturated heterocycles. The van der Waals surface area contributed by atoms with Crippen molar-refractivity contribution >= 4 is 23.4 Å². The summed E-state index contributed by atoms with van der Waals surface area (Å²) in [7, 11) is 3.15. The average molecular weight is 463 g/mol. The fourth-order valence-corrected chi connectivity index (χ4v) is 3.04. The predicted octanol–water partition coefficient (Wildman–Crippen LogP) is 3.36. The fourth-order valence-electron chi connectivity index (χ4n) is 3.04. The van der Waals surface area contributed by atoms with Gasteiger partial charge in [0, 0.05) is 11.8 Å². The number of amides is 1. The molecule has 0 spiro atoms. The zero-order valence-corrected chi connectivity index (χ0v) is 19.2. The van der Waals surface area contributed by atoms with Crippen LogP contribution < -0.4 is 30.6 Å². The van der Waals surface area contributed by atoms with Crippen molar-refractivity contribution in [3.05, 3.63) is 59.7 Å². The van der Waals surface area contributed by atoms with Crippen molar-refractivity contribution in [3.8, 4) is 23.4 Å². The number of ether oxygens (including phenoxy) is 3. The van der Waals surface area contributed by atoms with E-state index in [1.54, 1.807) is 38.5 Å². The Labute approximate surface area is 197 Å². The lowest BCUT2D eigenvalue weighted by atomic mass is 10.2. The van der Waals surface area contributed by atoms with Crippen LogP contribution in [-0.2, 0) is 11.4 Å². The number of anilines is 3. The smallest absolute Gasteiger partial charge is 0.239 e. The first kappa shape index (κ1) is 24.1. The molecule has 2 aromatic carbocycles. The lowest BCUT2D eigenvalue weighted by Gasteiger charge is -2.17. The second kappa shape index (κ2) is 11.4. The fraction of sp³-hybridized carbons (Fsp3) is 0.250. The maximum absolute atomic E-state index is 11.7. The second-order valence-corrected chi connectivity index (χ2v) is 7.19. The molecule has 0 aliphatic heterocycles. The van der Waals surface area contributed by atoms with E-state index in [9.17, 15) is 10.1 Å². The molecule has 0 aliphatic rings. The summed E-state index contributed by atoms with van der Waals surface area (Å²) in [5.74, 6) is 1.17. The quantitative estimate of drug-likeness (QED) is 0.390. The van der Waals surface area contributed by atoms with Gasteiger partial charge in [0.15, 0.2) is 11.4 Å². The van der Waals surface area contributed by atoms with Gasteiger partial charge in [-0.25, -0.2) is 0 Å². The number of nitriles is 1. The van der Waals surface area contributed by atoms with Gasteiger partial charge in [-0.05, 0) is 36.2 Å². The van der Waals surface area contributed by atoms with E-state index in [0.717, 1.165) is 11.3 Å². The van der Waals surface area contributed by atoms with E-state index in [1.165, 1.54) is 0 Å². The molecule has 1 amide bonds. The van der Waals surface area contributed by atoms with Gasteiger partial charge in [-0.1, -0.05) is 25.1 Å². The van der Waals surface area contributed by atoms with Crippen molar-refractivity contribution in [2.24, 2.45) is 5.73 Å². The molecular weight excluding hydrogens is 436 g/mol. The maximum Gasteiger partial charge on any atom is 0.239 e. The first-order valence-electron chi connectivity index (χ1n) is 10.5. The lowest BCUT2D eigenvalue weighted by Crippen LogP contribution is -2.35. The van der Waals surface area contributed by atoms with Gasteiger partial charge in [-0.3, -0.25) is 4.79 Å². The standard InChI is InChI=1S/C24H26N6O4/c1-4-20(21(26)31)28-24-29-22(27-16-6-5-7-18(12-16)33-3)19(13-25)23(30-24)34-14-15-8-10-17(32-2)11-9-15/h5-12,20H,4,14H2,1-3H3,(H2,26,31)(H2,27,28,29,30). The van der Waals surface area contributed by atoms with Gasteiger partial charge < -0.3 is 30.6 Å². The molecule has 10 heteroatoms. The molecule has 4 N–H and O–H groups in total. The Kier molecular flexibility index (Phi) is 8.07. The Morgan fingerprint density at radius 2 is 1.85 bits per heavy atom. The number of carbonyl (C=O) groups excluding carboxylic acids is 1. The highest BCUT2D eigenvalue weighted by atomic mass is 16.5. The summed E-state index contributed by atoms with van der Waals surface area (Å²) in [5, 5.41) is 15.9. The van der Waals surface area contributed by atoms with E-state index in [4.69, 9.17) is 19.9 Å². The molecule has 0 fully saturated rings. The summed E-state index contributed by atoms with van der Waals surface area (Å²) in [6.07, 6.45) is 0.430. The first-order valence-corrected chi connectivity index (χ1v) is 10.5. The van der Waals surface area contributed by atoms with Crippen LogP contribution in [0.4, 0.5) is 17.5 Å². The molecular formula is C24H26N6O4. The van der Waals surface area contributed by atoms with Gasteiger partial charge >= 0.3 is 0 Å². The van der Waals surface area contributed by atoms with E-state index >= 15 is 0 Å². The van der Waals surface area contributed by atoms with E-state index in [1.807, 2.05) is 31.2 Å². The van der Waals surface area contributed by atoms with Crippen molar-refractivity contribution in [1.82, 2.24) is 9.97 Å². The molecule has 1 atom stereocenters. The molecule has 1 heterocycles. The van der Waals surface area contributed by atoms with Gasteiger partial charge in [-0.2, -0.15) is 15.2 Å². The third-order valence-electron chi connectivity index (χ3n) is 4.91. The molecule has 0 bridgehead atoms. The van der Waals surface area contributed by atoms with Crippen LogP contribution in [0.2, 0.25) is 0 Å². The van der Waals surface area contributed by atoms with E-state index in [0.29, 0.717) is 17.9 Å². The van der Waals surface area contributed by atoms with Crippen molar-refractivity contribution in [2.75, 3.05) is 24.9 Å². The number of nitrogens with zero attached hydrogens (tertiary/aromatic N) is 3. The maximum atomic E-state index is 11.7. The zero-order valence-electron chi connectivity index (χ0n) is 19.2. The molecule has 3 rings (SSSR count). The lowest BCUT2D eigenvalue weighted by molar-refractivity contribution is -0.118. The zero-order chi connectivity index (χ0) is 24.5. The van der Waals surface area contributed by atoms with E-state index in [-0.39, 0.29) is 29.8 Å². The van der Waals surface area contributed by atoms with Gasteiger partial charge in [0.25, 0.3) is 0 Å². The minimum atomic E-state index is -0.688. The number of benzene rings is 2. The normalized spacial score (nSPS) is 11.1. The van der Waals surface area contributed by atoms with Crippen LogP contribution in [-0.4, -0.2) is 36.1 Å². The number of primary amides is 1. The van der Waals surface area contributed by atoms with Crippen LogP contribution in [0.1, 0.15) is 24.5 Å². The predicted molar refractivity (Wildman–Crippen MR) is 127 cm³/mol. The van der Waals surface area contributed by atoms with Gasteiger partial charge in [0.1, 0.15) is 30.2 Å². The summed E-state index contributed by atoms with van der Waals surface area (Å²) in [4.78, 5) is 20.5. The number of carbonyl (C=O) groups is 1. The van der Waals surface area contributed by atoms with Crippen molar-refractivity contribution in [2.45, 2.75) is 26.0 Å². The van der Waals surface area contributed by atoms with Gasteiger partial charge in [0.2, 0.25) is 17.7 Å².